The Morgan fingerprint density at radius 2 is 1.92 bits per heavy atom. The van der Waals surface area contributed by atoms with Gasteiger partial charge in [0.25, 0.3) is 0 Å². The van der Waals surface area contributed by atoms with Crippen LogP contribution in [0.25, 0.3) is 0 Å². The quantitative estimate of drug-likeness (QED) is 0.826. The molecule has 25 heavy (non-hydrogen) atoms. The number of aromatic nitrogens is 2. The highest BCUT2D eigenvalue weighted by molar-refractivity contribution is 5.99. The lowest BCUT2D eigenvalue weighted by Gasteiger charge is -2.39. The number of carbonyl (C=O) groups excluding carboxylic acids is 1. The predicted octanol–water partition coefficient (Wildman–Crippen LogP) is 4.06. The van der Waals surface area contributed by atoms with Gasteiger partial charge >= 0.3 is 0 Å². The highest BCUT2D eigenvalue weighted by atomic mass is 16.3. The van der Waals surface area contributed by atoms with Crippen molar-refractivity contribution in [1.29, 1.82) is 0 Å². The van der Waals surface area contributed by atoms with E-state index in [1.54, 1.807) is 6.26 Å². The number of rotatable bonds is 2. The molecule has 0 spiro atoms. The maximum Gasteiger partial charge on any atom is 0.226 e. The van der Waals surface area contributed by atoms with E-state index in [1.807, 2.05) is 19.1 Å². The van der Waals surface area contributed by atoms with Crippen LogP contribution in [0.2, 0.25) is 0 Å². The van der Waals surface area contributed by atoms with Gasteiger partial charge in [-0.15, -0.1) is 0 Å². The Labute approximate surface area is 148 Å². The molecule has 0 amide bonds. The van der Waals surface area contributed by atoms with Gasteiger partial charge in [0.15, 0.2) is 5.78 Å². The molecule has 0 bridgehead atoms. The maximum absolute atomic E-state index is 12.7. The number of Topliss-reactive ketones (excluding diaryl/α,β-unsaturated/α-hetero) is 1. The minimum atomic E-state index is 0.0772. The molecule has 1 saturated heterocycles. The zero-order valence-electron chi connectivity index (χ0n) is 15.2. The summed E-state index contributed by atoms with van der Waals surface area (Å²) >= 11 is 0. The predicted molar refractivity (Wildman–Crippen MR) is 96.1 cm³/mol. The van der Waals surface area contributed by atoms with E-state index < -0.39 is 0 Å². The first-order valence-corrected chi connectivity index (χ1v) is 9.27. The molecule has 0 saturated carbocycles. The summed E-state index contributed by atoms with van der Waals surface area (Å²) in [5, 5.41) is 0. The number of nitrogens with zero attached hydrogens (tertiary/aromatic N) is 3. The monoisotopic (exact) mass is 339 g/mol. The van der Waals surface area contributed by atoms with Crippen LogP contribution in [0.15, 0.2) is 22.8 Å². The van der Waals surface area contributed by atoms with E-state index in [0.29, 0.717) is 18.5 Å². The average Bonchev–Trinajstić information content (AvgIpc) is 3.08. The van der Waals surface area contributed by atoms with Crippen molar-refractivity contribution in [3.8, 4) is 0 Å². The fourth-order valence-corrected chi connectivity index (χ4v) is 4.41. The molecule has 132 valence electrons. The van der Waals surface area contributed by atoms with Crippen LogP contribution in [-0.4, -0.2) is 27.8 Å². The van der Waals surface area contributed by atoms with Crippen LogP contribution < -0.4 is 4.90 Å². The zero-order chi connectivity index (χ0) is 17.6. The van der Waals surface area contributed by atoms with Crippen LogP contribution >= 0.6 is 0 Å². The van der Waals surface area contributed by atoms with Crippen LogP contribution in [-0.2, 0) is 6.42 Å². The number of fused-ring (bicyclic) bond motifs is 1. The molecule has 2 aromatic rings. The van der Waals surface area contributed by atoms with Crippen molar-refractivity contribution in [2.45, 2.75) is 70.9 Å². The van der Waals surface area contributed by atoms with Gasteiger partial charge in [-0.25, -0.2) is 9.97 Å². The van der Waals surface area contributed by atoms with E-state index in [2.05, 4.69) is 18.7 Å². The first kappa shape index (κ1) is 16.3. The highest BCUT2D eigenvalue weighted by Crippen LogP contribution is 2.35. The Kier molecular flexibility index (Phi) is 4.10. The number of carbonyl (C=O) groups is 1. The molecular weight excluding hydrogens is 314 g/mol. The second-order valence-electron chi connectivity index (χ2n) is 7.51. The number of anilines is 1. The number of aryl methyl sites for hydroxylation is 1. The summed E-state index contributed by atoms with van der Waals surface area (Å²) < 4.78 is 5.54. The maximum atomic E-state index is 12.7. The van der Waals surface area contributed by atoms with E-state index in [-0.39, 0.29) is 11.7 Å². The third-order valence-corrected chi connectivity index (χ3v) is 5.67. The van der Waals surface area contributed by atoms with Gasteiger partial charge in [-0.2, -0.15) is 0 Å². The fourth-order valence-electron chi connectivity index (χ4n) is 4.41. The van der Waals surface area contributed by atoms with Crippen molar-refractivity contribution in [3.05, 3.63) is 41.1 Å². The average molecular weight is 339 g/mol. The van der Waals surface area contributed by atoms with E-state index in [0.717, 1.165) is 47.9 Å². The lowest BCUT2D eigenvalue weighted by Crippen LogP contribution is -2.45. The summed E-state index contributed by atoms with van der Waals surface area (Å²) in [6, 6.07) is 4.69. The molecule has 0 aromatic carbocycles. The fraction of sp³-hybridized carbons (Fsp3) is 0.550. The minimum absolute atomic E-state index is 0.0772. The molecule has 1 fully saturated rings. The van der Waals surface area contributed by atoms with Crippen LogP contribution in [0.5, 0.6) is 0 Å². The van der Waals surface area contributed by atoms with E-state index in [1.165, 1.54) is 6.42 Å². The second kappa shape index (κ2) is 6.28. The SMILES string of the molecule is Cc1nc(N2[C@@H](C)CCC[C@@H]2C)nc2c1C(=O)C[C@@H](c1ccco1)C2. The van der Waals surface area contributed by atoms with Crippen LogP contribution in [0.4, 0.5) is 5.95 Å². The number of hydrogen-bond donors (Lipinski definition) is 0. The van der Waals surface area contributed by atoms with Crippen molar-refractivity contribution in [1.82, 2.24) is 9.97 Å². The van der Waals surface area contributed by atoms with Crippen LogP contribution in [0.3, 0.4) is 0 Å². The molecule has 4 rings (SSSR count). The number of piperidine rings is 1. The van der Waals surface area contributed by atoms with Crippen LogP contribution in [0.1, 0.15) is 73.0 Å². The molecule has 5 nitrogen and oxygen atoms in total. The Morgan fingerprint density at radius 3 is 2.60 bits per heavy atom. The summed E-state index contributed by atoms with van der Waals surface area (Å²) in [6.45, 7) is 6.42. The standard InChI is InChI=1S/C20H25N3O2/c1-12-6-4-7-13(2)23(12)20-21-14(3)19-16(22-20)10-15(11-17(19)24)18-8-5-9-25-18/h5,8-9,12-13,15H,4,6-7,10-11H2,1-3H3/t12-,13-,15-/m0/s1. The van der Waals surface area contributed by atoms with Gasteiger partial charge in [-0.3, -0.25) is 4.79 Å². The first-order valence-electron chi connectivity index (χ1n) is 9.27. The zero-order valence-corrected chi connectivity index (χ0v) is 15.2. The van der Waals surface area contributed by atoms with Gasteiger partial charge in [0.2, 0.25) is 5.95 Å². The lowest BCUT2D eigenvalue weighted by molar-refractivity contribution is 0.0958. The second-order valence-corrected chi connectivity index (χ2v) is 7.51. The van der Waals surface area contributed by atoms with Crippen molar-refractivity contribution in [2.24, 2.45) is 0 Å². The molecule has 0 unspecified atom stereocenters. The third-order valence-electron chi connectivity index (χ3n) is 5.67. The van der Waals surface area contributed by atoms with E-state index in [9.17, 15) is 4.79 Å². The summed E-state index contributed by atoms with van der Waals surface area (Å²) in [6.07, 6.45) is 6.46. The normalized spacial score (nSPS) is 26.6. The van der Waals surface area contributed by atoms with Crippen LogP contribution in [0, 0.1) is 6.92 Å². The largest absolute Gasteiger partial charge is 0.469 e. The third kappa shape index (κ3) is 2.86. The molecule has 0 N–H and O–H groups in total. The van der Waals surface area contributed by atoms with Gasteiger partial charge in [0, 0.05) is 30.8 Å². The molecular formula is C20H25N3O2. The Balaban J connectivity index is 1.73. The van der Waals surface area contributed by atoms with Crippen molar-refractivity contribution in [2.75, 3.05) is 4.90 Å². The van der Waals surface area contributed by atoms with Gasteiger partial charge in [-0.1, -0.05) is 0 Å². The molecule has 3 heterocycles. The molecule has 0 radical (unpaired) electrons. The number of furan rings is 1. The van der Waals surface area contributed by atoms with Gasteiger partial charge in [0.05, 0.1) is 23.2 Å². The van der Waals surface area contributed by atoms with Crippen molar-refractivity contribution >= 4 is 11.7 Å². The summed E-state index contributed by atoms with van der Waals surface area (Å²) in [5.41, 5.74) is 2.42. The summed E-state index contributed by atoms with van der Waals surface area (Å²) in [4.78, 5) is 24.6. The smallest absolute Gasteiger partial charge is 0.226 e. The number of ketones is 1. The molecule has 2 aromatic heterocycles. The first-order chi connectivity index (χ1) is 12.0. The van der Waals surface area contributed by atoms with E-state index >= 15 is 0 Å². The van der Waals surface area contributed by atoms with Crippen molar-refractivity contribution in [3.63, 3.8) is 0 Å². The number of hydrogen-bond acceptors (Lipinski definition) is 5. The molecule has 1 aliphatic carbocycles. The molecule has 5 heteroatoms. The topological polar surface area (TPSA) is 59.2 Å². The minimum Gasteiger partial charge on any atom is -0.469 e. The molecule has 3 atom stereocenters. The van der Waals surface area contributed by atoms with Gasteiger partial charge in [-0.05, 0) is 52.2 Å². The molecule has 1 aliphatic heterocycles. The Hall–Kier alpha value is -2.17. The Bertz CT molecular complexity index is 774. The van der Waals surface area contributed by atoms with Gasteiger partial charge < -0.3 is 9.32 Å². The van der Waals surface area contributed by atoms with E-state index in [4.69, 9.17) is 14.4 Å². The Morgan fingerprint density at radius 1 is 1.16 bits per heavy atom. The molecule has 2 aliphatic rings. The van der Waals surface area contributed by atoms with Crippen molar-refractivity contribution < 1.29 is 9.21 Å². The summed E-state index contributed by atoms with van der Waals surface area (Å²) in [7, 11) is 0. The van der Waals surface area contributed by atoms with Gasteiger partial charge in [0.1, 0.15) is 5.76 Å². The summed E-state index contributed by atoms with van der Waals surface area (Å²) in [5.74, 6) is 1.86. The lowest BCUT2D eigenvalue weighted by atomic mass is 9.84. The highest BCUT2D eigenvalue weighted by Gasteiger charge is 2.33.